The van der Waals surface area contributed by atoms with Crippen LogP contribution in [0.15, 0.2) is 24.3 Å². The molecule has 2 atom stereocenters. The Bertz CT molecular complexity index is 838. The van der Waals surface area contributed by atoms with E-state index in [1.807, 2.05) is 24.3 Å². The molecule has 2 fully saturated rings. The van der Waals surface area contributed by atoms with Crippen LogP contribution in [0, 0.1) is 5.92 Å². The summed E-state index contributed by atoms with van der Waals surface area (Å²) < 4.78 is 0. The number of hydrogen-bond donors (Lipinski definition) is 2. The van der Waals surface area contributed by atoms with Gasteiger partial charge < -0.3 is 15.3 Å². The maximum atomic E-state index is 13.1. The number of carbonyl (C=O) groups excluding carboxylic acids is 3. The van der Waals surface area contributed by atoms with Gasteiger partial charge in [-0.3, -0.25) is 19.3 Å². The molecule has 8 nitrogen and oxygen atoms in total. The number of carbonyl (C=O) groups is 4. The number of carboxylic acids is 1. The highest BCUT2D eigenvalue weighted by Gasteiger charge is 2.55. The van der Waals surface area contributed by atoms with Gasteiger partial charge in [-0.2, -0.15) is 0 Å². The van der Waals surface area contributed by atoms with Gasteiger partial charge in [-0.1, -0.05) is 24.3 Å². The van der Waals surface area contributed by atoms with E-state index in [4.69, 9.17) is 0 Å². The minimum atomic E-state index is -1.08. The summed E-state index contributed by atoms with van der Waals surface area (Å²) in [6.45, 7) is 0.201. The Morgan fingerprint density at radius 3 is 2.81 bits per heavy atom. The fourth-order valence-electron chi connectivity index (χ4n) is 4.37. The topological polar surface area (TPSA) is 107 Å². The van der Waals surface area contributed by atoms with Crippen LogP contribution in [-0.4, -0.2) is 58.4 Å². The minimum absolute atomic E-state index is 0.117. The summed E-state index contributed by atoms with van der Waals surface area (Å²) in [6, 6.07) is 6.94. The highest BCUT2D eigenvalue weighted by Crippen LogP contribution is 2.41. The van der Waals surface area contributed by atoms with Crippen LogP contribution in [0.4, 0.5) is 4.79 Å². The molecule has 2 N–H and O–H groups in total. The molecule has 3 aliphatic rings. The second-order valence-electron chi connectivity index (χ2n) is 7.40. The van der Waals surface area contributed by atoms with Gasteiger partial charge in [0, 0.05) is 13.1 Å². The number of carboxylic acid groups (broad SMARTS) is 1. The number of fused-ring (bicyclic) bond motifs is 2. The van der Waals surface area contributed by atoms with Crippen LogP contribution >= 0.6 is 0 Å². The summed E-state index contributed by atoms with van der Waals surface area (Å²) >= 11 is 0. The van der Waals surface area contributed by atoms with E-state index < -0.39 is 35.3 Å². The van der Waals surface area contributed by atoms with Gasteiger partial charge in [-0.15, -0.1) is 0 Å². The van der Waals surface area contributed by atoms with Crippen molar-refractivity contribution in [1.29, 1.82) is 0 Å². The van der Waals surface area contributed by atoms with Crippen LogP contribution in [0.2, 0.25) is 0 Å². The van der Waals surface area contributed by atoms with E-state index in [9.17, 15) is 24.3 Å². The maximum Gasteiger partial charge on any atom is 0.325 e. The molecule has 1 aromatic rings. The Balaban J connectivity index is 1.51. The average Bonchev–Trinajstić information content (AvgIpc) is 3.15. The van der Waals surface area contributed by atoms with Gasteiger partial charge in [-0.05, 0) is 36.8 Å². The van der Waals surface area contributed by atoms with Crippen molar-refractivity contribution in [2.45, 2.75) is 31.2 Å². The first-order valence-electron chi connectivity index (χ1n) is 9.15. The van der Waals surface area contributed by atoms with E-state index in [-0.39, 0.29) is 13.1 Å². The van der Waals surface area contributed by atoms with E-state index in [2.05, 4.69) is 5.32 Å². The molecule has 2 saturated heterocycles. The Morgan fingerprint density at radius 2 is 2.04 bits per heavy atom. The zero-order valence-corrected chi connectivity index (χ0v) is 14.8. The molecule has 2 heterocycles. The number of rotatable bonds is 3. The zero-order valence-electron chi connectivity index (χ0n) is 14.8. The number of likely N-dealkylation sites (tertiary alicyclic amines) is 1. The predicted octanol–water partition coefficient (Wildman–Crippen LogP) is 0.703. The Labute approximate surface area is 156 Å². The lowest BCUT2D eigenvalue weighted by Crippen LogP contribution is -2.48. The van der Waals surface area contributed by atoms with Crippen LogP contribution in [-0.2, 0) is 26.3 Å². The molecule has 4 rings (SSSR count). The van der Waals surface area contributed by atoms with Gasteiger partial charge in [-0.25, -0.2) is 4.79 Å². The van der Waals surface area contributed by atoms with Crippen molar-refractivity contribution in [2.75, 3.05) is 19.6 Å². The van der Waals surface area contributed by atoms with Crippen molar-refractivity contribution in [1.82, 2.24) is 15.1 Å². The molecule has 2 unspecified atom stereocenters. The first-order valence-corrected chi connectivity index (χ1v) is 9.15. The smallest absolute Gasteiger partial charge is 0.325 e. The Hall–Kier alpha value is -2.90. The number of aryl methyl sites for hydroxylation is 1. The highest BCUT2D eigenvalue weighted by atomic mass is 16.4. The summed E-state index contributed by atoms with van der Waals surface area (Å²) in [5, 5.41) is 12.0. The molecule has 0 radical (unpaired) electrons. The number of hydrogen-bond acceptors (Lipinski definition) is 4. The number of piperidine rings is 1. The third-order valence-electron chi connectivity index (χ3n) is 5.84. The van der Waals surface area contributed by atoms with Crippen LogP contribution in [0.25, 0.3) is 0 Å². The monoisotopic (exact) mass is 371 g/mol. The number of nitrogens with one attached hydrogen (secondary N) is 1. The summed E-state index contributed by atoms with van der Waals surface area (Å²) in [5.41, 5.74) is 0.737. The summed E-state index contributed by atoms with van der Waals surface area (Å²) in [6.07, 6.45) is 2.30. The number of amides is 4. The first kappa shape index (κ1) is 17.5. The Morgan fingerprint density at radius 1 is 1.26 bits per heavy atom. The second kappa shape index (κ2) is 6.37. The lowest BCUT2D eigenvalue weighted by molar-refractivity contribution is -0.147. The van der Waals surface area contributed by atoms with E-state index >= 15 is 0 Å². The molecular formula is C19H21N3O5. The number of aliphatic carboxylic acids is 1. The summed E-state index contributed by atoms with van der Waals surface area (Å²) in [5.74, 6) is -2.33. The molecule has 142 valence electrons. The fraction of sp³-hybridized carbons (Fsp3) is 0.474. The average molecular weight is 371 g/mol. The normalized spacial score (nSPS) is 27.0. The standard InChI is InChI=1S/C19H21N3O5/c23-15(21-9-3-5-13(10-21)16(24)25)11-22-17(26)19(20-18(22)27)8-7-12-4-1-2-6-14(12)19/h1-2,4,6,13H,3,5,7-11H2,(H,20,27)(H,24,25). The zero-order chi connectivity index (χ0) is 19.2. The summed E-state index contributed by atoms with van der Waals surface area (Å²) in [7, 11) is 0. The number of imide groups is 1. The van der Waals surface area contributed by atoms with E-state index in [0.717, 1.165) is 16.0 Å². The van der Waals surface area contributed by atoms with Crippen molar-refractivity contribution in [3.05, 3.63) is 35.4 Å². The fourth-order valence-corrected chi connectivity index (χ4v) is 4.37. The lowest BCUT2D eigenvalue weighted by atomic mass is 9.92. The van der Waals surface area contributed by atoms with Crippen molar-refractivity contribution in [2.24, 2.45) is 5.92 Å². The van der Waals surface area contributed by atoms with Gasteiger partial charge in [0.2, 0.25) is 5.91 Å². The molecule has 4 amide bonds. The molecule has 0 aromatic heterocycles. The van der Waals surface area contributed by atoms with Crippen molar-refractivity contribution in [3.8, 4) is 0 Å². The quantitative estimate of drug-likeness (QED) is 0.761. The van der Waals surface area contributed by atoms with Crippen LogP contribution in [0.3, 0.4) is 0 Å². The van der Waals surface area contributed by atoms with Crippen LogP contribution < -0.4 is 5.32 Å². The SMILES string of the molecule is O=C(O)C1CCCN(C(=O)CN2C(=O)NC3(CCc4ccccc43)C2=O)C1. The Kier molecular flexibility index (Phi) is 4.13. The third-order valence-corrected chi connectivity index (χ3v) is 5.84. The predicted molar refractivity (Wildman–Crippen MR) is 93.6 cm³/mol. The molecule has 8 heteroatoms. The van der Waals surface area contributed by atoms with Crippen LogP contribution in [0.5, 0.6) is 0 Å². The lowest BCUT2D eigenvalue weighted by Gasteiger charge is -2.31. The number of urea groups is 1. The number of benzene rings is 1. The van der Waals surface area contributed by atoms with Crippen molar-refractivity contribution >= 4 is 23.8 Å². The van der Waals surface area contributed by atoms with Crippen molar-refractivity contribution in [3.63, 3.8) is 0 Å². The van der Waals surface area contributed by atoms with E-state index in [1.165, 1.54) is 4.90 Å². The molecule has 0 bridgehead atoms. The minimum Gasteiger partial charge on any atom is -0.481 e. The van der Waals surface area contributed by atoms with Gasteiger partial charge >= 0.3 is 12.0 Å². The molecule has 2 aliphatic heterocycles. The summed E-state index contributed by atoms with van der Waals surface area (Å²) in [4.78, 5) is 51.8. The first-order chi connectivity index (χ1) is 12.9. The number of nitrogens with zero attached hydrogens (tertiary/aromatic N) is 2. The second-order valence-corrected chi connectivity index (χ2v) is 7.40. The molecule has 0 saturated carbocycles. The van der Waals surface area contributed by atoms with Gasteiger partial charge in [0.15, 0.2) is 0 Å². The third kappa shape index (κ3) is 2.75. The van der Waals surface area contributed by atoms with Crippen molar-refractivity contribution < 1.29 is 24.3 Å². The maximum absolute atomic E-state index is 13.1. The van der Waals surface area contributed by atoms with Gasteiger partial charge in [0.05, 0.1) is 5.92 Å². The molecule has 1 spiro atoms. The molecule has 27 heavy (non-hydrogen) atoms. The molecule has 1 aliphatic carbocycles. The largest absolute Gasteiger partial charge is 0.481 e. The molecular weight excluding hydrogens is 350 g/mol. The highest BCUT2D eigenvalue weighted by molar-refractivity contribution is 6.09. The van der Waals surface area contributed by atoms with E-state index in [0.29, 0.717) is 32.2 Å². The molecule has 1 aromatic carbocycles. The van der Waals surface area contributed by atoms with Gasteiger partial charge in [0.1, 0.15) is 12.1 Å². The van der Waals surface area contributed by atoms with E-state index in [1.54, 1.807) is 0 Å². The van der Waals surface area contributed by atoms with Gasteiger partial charge in [0.25, 0.3) is 5.91 Å². The van der Waals surface area contributed by atoms with Crippen LogP contribution in [0.1, 0.15) is 30.4 Å².